The van der Waals surface area contributed by atoms with Crippen LogP contribution in [0, 0.1) is 25.2 Å². The molecule has 2 heteroatoms. The first-order valence-electron chi connectivity index (χ1n) is 6.28. The van der Waals surface area contributed by atoms with Crippen molar-refractivity contribution in [2.45, 2.75) is 20.3 Å². The van der Waals surface area contributed by atoms with Gasteiger partial charge in [-0.1, -0.05) is 30.3 Å². The highest BCUT2D eigenvalue weighted by molar-refractivity contribution is 5.70. The van der Waals surface area contributed by atoms with Gasteiger partial charge in [-0.25, -0.2) is 0 Å². The van der Waals surface area contributed by atoms with Crippen molar-refractivity contribution in [2.75, 3.05) is 7.11 Å². The van der Waals surface area contributed by atoms with Crippen LogP contribution in [0.15, 0.2) is 36.4 Å². The highest BCUT2D eigenvalue weighted by atomic mass is 16.5. The first kappa shape index (κ1) is 13.2. The fourth-order valence-corrected chi connectivity index (χ4v) is 2.21. The van der Waals surface area contributed by atoms with Gasteiger partial charge in [0.15, 0.2) is 0 Å². The van der Waals surface area contributed by atoms with Gasteiger partial charge in [-0.05, 0) is 42.2 Å². The molecule has 0 unspecified atom stereocenters. The Morgan fingerprint density at radius 3 is 2.63 bits per heavy atom. The Balaban J connectivity index is 2.52. The molecule has 2 nitrogen and oxygen atoms in total. The van der Waals surface area contributed by atoms with Crippen LogP contribution in [0.4, 0.5) is 0 Å². The first-order valence-corrected chi connectivity index (χ1v) is 6.28. The van der Waals surface area contributed by atoms with E-state index in [1.54, 1.807) is 7.11 Å². The summed E-state index contributed by atoms with van der Waals surface area (Å²) in [5.74, 6) is 0.778. The minimum atomic E-state index is 0.371. The summed E-state index contributed by atoms with van der Waals surface area (Å²) >= 11 is 0. The van der Waals surface area contributed by atoms with Crippen LogP contribution >= 0.6 is 0 Å². The number of ether oxygens (including phenoxy) is 1. The lowest BCUT2D eigenvalue weighted by molar-refractivity contribution is 0.411. The third-order valence-electron chi connectivity index (χ3n) is 3.47. The monoisotopic (exact) mass is 251 g/mol. The zero-order valence-electron chi connectivity index (χ0n) is 11.5. The quantitative estimate of drug-likeness (QED) is 0.824. The molecule has 0 N–H and O–H groups in total. The van der Waals surface area contributed by atoms with Crippen LogP contribution in [0.3, 0.4) is 0 Å². The number of hydrogen-bond donors (Lipinski definition) is 0. The minimum absolute atomic E-state index is 0.371. The fraction of sp³-hybridized carbons (Fsp3) is 0.235. The second-order valence-electron chi connectivity index (χ2n) is 4.61. The smallest absolute Gasteiger partial charge is 0.123 e. The van der Waals surface area contributed by atoms with E-state index < -0.39 is 0 Å². The van der Waals surface area contributed by atoms with Gasteiger partial charge in [0.1, 0.15) is 5.75 Å². The van der Waals surface area contributed by atoms with E-state index in [1.165, 1.54) is 16.7 Å². The number of nitriles is 1. The number of nitrogens with zero attached hydrogens (tertiary/aromatic N) is 1. The summed E-state index contributed by atoms with van der Waals surface area (Å²) in [6, 6.07) is 14.5. The maximum absolute atomic E-state index is 8.80. The molecule has 0 spiro atoms. The summed E-state index contributed by atoms with van der Waals surface area (Å²) < 4.78 is 5.38. The largest absolute Gasteiger partial charge is 0.496 e. The van der Waals surface area contributed by atoms with Crippen molar-refractivity contribution < 1.29 is 4.74 Å². The van der Waals surface area contributed by atoms with Crippen LogP contribution in [-0.4, -0.2) is 7.11 Å². The van der Waals surface area contributed by atoms with Crippen molar-refractivity contribution in [2.24, 2.45) is 0 Å². The van der Waals surface area contributed by atoms with Crippen LogP contribution in [0.2, 0.25) is 0 Å². The average molecular weight is 251 g/mol. The van der Waals surface area contributed by atoms with Gasteiger partial charge < -0.3 is 4.74 Å². The molecule has 0 fully saturated rings. The fourth-order valence-electron chi connectivity index (χ4n) is 2.21. The summed E-state index contributed by atoms with van der Waals surface area (Å²) in [6.07, 6.45) is 0.371. The molecule has 0 aliphatic carbocycles. The van der Waals surface area contributed by atoms with Crippen LogP contribution in [0.25, 0.3) is 11.1 Å². The van der Waals surface area contributed by atoms with E-state index in [0.717, 1.165) is 16.9 Å². The number of methoxy groups -OCH3 is 1. The van der Waals surface area contributed by atoms with E-state index >= 15 is 0 Å². The van der Waals surface area contributed by atoms with Gasteiger partial charge in [0, 0.05) is 5.56 Å². The van der Waals surface area contributed by atoms with Gasteiger partial charge in [-0.3, -0.25) is 0 Å². The molecule has 2 aromatic carbocycles. The second kappa shape index (κ2) is 5.58. The Morgan fingerprint density at radius 2 is 1.95 bits per heavy atom. The summed E-state index contributed by atoms with van der Waals surface area (Å²) in [5, 5.41) is 8.80. The van der Waals surface area contributed by atoms with Gasteiger partial charge in [0.25, 0.3) is 0 Å². The lowest BCUT2D eigenvalue weighted by Crippen LogP contribution is -1.93. The summed E-state index contributed by atoms with van der Waals surface area (Å²) in [4.78, 5) is 0. The summed E-state index contributed by atoms with van der Waals surface area (Å²) in [7, 11) is 1.64. The molecule has 2 rings (SSSR count). The van der Waals surface area contributed by atoms with Crippen molar-refractivity contribution >= 4 is 0 Å². The van der Waals surface area contributed by atoms with Crippen LogP contribution in [0.1, 0.15) is 16.7 Å². The van der Waals surface area contributed by atoms with E-state index in [0.29, 0.717) is 6.42 Å². The van der Waals surface area contributed by atoms with Gasteiger partial charge in [0.2, 0.25) is 0 Å². The lowest BCUT2D eigenvalue weighted by atomic mass is 9.95. The van der Waals surface area contributed by atoms with Crippen molar-refractivity contribution in [3.63, 3.8) is 0 Å². The van der Waals surface area contributed by atoms with Crippen molar-refractivity contribution in [3.05, 3.63) is 53.1 Å². The van der Waals surface area contributed by atoms with Gasteiger partial charge >= 0.3 is 0 Å². The molecule has 0 bridgehead atoms. The van der Waals surface area contributed by atoms with Gasteiger partial charge in [-0.15, -0.1) is 0 Å². The predicted molar refractivity (Wildman–Crippen MR) is 77.2 cm³/mol. The zero-order chi connectivity index (χ0) is 13.8. The SMILES string of the molecule is COc1cc(-c2cccc(C)c2C)ccc1CC#N. The van der Waals surface area contributed by atoms with E-state index in [4.69, 9.17) is 10.00 Å². The zero-order valence-corrected chi connectivity index (χ0v) is 11.5. The Hall–Kier alpha value is -2.27. The molecule has 0 aliphatic rings. The maximum Gasteiger partial charge on any atom is 0.123 e. The van der Waals surface area contributed by atoms with Crippen LogP contribution < -0.4 is 4.74 Å². The molecule has 0 saturated carbocycles. The molecule has 0 atom stereocenters. The number of rotatable bonds is 3. The van der Waals surface area contributed by atoms with Crippen molar-refractivity contribution in [3.8, 4) is 22.9 Å². The minimum Gasteiger partial charge on any atom is -0.496 e. The molecule has 0 saturated heterocycles. The van der Waals surface area contributed by atoms with E-state index in [9.17, 15) is 0 Å². The van der Waals surface area contributed by atoms with Crippen molar-refractivity contribution in [1.82, 2.24) is 0 Å². The molecule has 0 heterocycles. The van der Waals surface area contributed by atoms with E-state index in [1.807, 2.05) is 12.1 Å². The molecule has 2 aromatic rings. The van der Waals surface area contributed by atoms with E-state index in [-0.39, 0.29) is 0 Å². The predicted octanol–water partition coefficient (Wildman–Crippen LogP) is 4.05. The molecule has 96 valence electrons. The average Bonchev–Trinajstić information content (AvgIpc) is 2.43. The molecule has 0 aromatic heterocycles. The number of aryl methyl sites for hydroxylation is 1. The Kier molecular flexibility index (Phi) is 3.87. The highest BCUT2D eigenvalue weighted by Crippen LogP contribution is 2.30. The summed E-state index contributed by atoms with van der Waals surface area (Å²) in [5.41, 5.74) is 5.82. The van der Waals surface area contributed by atoms with Crippen molar-refractivity contribution in [1.29, 1.82) is 5.26 Å². The van der Waals surface area contributed by atoms with Gasteiger partial charge in [0.05, 0.1) is 19.6 Å². The number of benzene rings is 2. The van der Waals surface area contributed by atoms with Gasteiger partial charge in [-0.2, -0.15) is 5.26 Å². The highest BCUT2D eigenvalue weighted by Gasteiger charge is 2.08. The molecule has 0 aliphatic heterocycles. The normalized spacial score (nSPS) is 10.0. The van der Waals surface area contributed by atoms with Crippen LogP contribution in [-0.2, 0) is 6.42 Å². The maximum atomic E-state index is 8.80. The second-order valence-corrected chi connectivity index (χ2v) is 4.61. The van der Waals surface area contributed by atoms with Crippen LogP contribution in [0.5, 0.6) is 5.75 Å². The Labute approximate surface area is 114 Å². The molecule has 0 radical (unpaired) electrons. The van der Waals surface area contributed by atoms with E-state index in [2.05, 4.69) is 44.2 Å². The molecule has 0 amide bonds. The molecular weight excluding hydrogens is 234 g/mol. The molecular formula is C17H17NO. The number of hydrogen-bond acceptors (Lipinski definition) is 2. The first-order chi connectivity index (χ1) is 9.17. The summed E-state index contributed by atoms with van der Waals surface area (Å²) in [6.45, 7) is 4.24. The Morgan fingerprint density at radius 1 is 1.16 bits per heavy atom. The Bertz CT molecular complexity index is 638. The lowest BCUT2D eigenvalue weighted by Gasteiger charge is -2.12. The third-order valence-corrected chi connectivity index (χ3v) is 3.47. The standard InChI is InChI=1S/C17H17NO/c1-12-5-4-6-16(13(12)2)15-8-7-14(9-10-18)17(11-15)19-3/h4-8,11H,9H2,1-3H3. The third kappa shape index (κ3) is 2.61. The topological polar surface area (TPSA) is 33.0 Å². The molecule has 19 heavy (non-hydrogen) atoms.